The smallest absolute Gasteiger partial charge is 0.410 e. The highest BCUT2D eigenvalue weighted by atomic mass is 16.6. The summed E-state index contributed by atoms with van der Waals surface area (Å²) in [7, 11) is 1.84. The Morgan fingerprint density at radius 1 is 1.73 bits per heavy atom. The molecule has 1 aromatic rings. The van der Waals surface area contributed by atoms with Crippen LogP contribution in [0.25, 0.3) is 0 Å². The molecule has 0 saturated carbocycles. The average molecular weight is 210 g/mol. The Hall–Kier alpha value is -1.56. The summed E-state index contributed by atoms with van der Waals surface area (Å²) in [5.41, 5.74) is 6.43. The number of amides is 1. The fraction of sp³-hybridized carbons (Fsp3) is 0.556. The molecule has 6 heteroatoms. The van der Waals surface area contributed by atoms with Crippen LogP contribution in [0.4, 0.5) is 4.79 Å². The Kier molecular flexibility index (Phi) is 2.59. The Bertz CT molecular complexity index is 363. The Morgan fingerprint density at radius 3 is 3.07 bits per heavy atom. The Balaban J connectivity index is 1.98. The van der Waals surface area contributed by atoms with E-state index < -0.39 is 0 Å². The predicted molar refractivity (Wildman–Crippen MR) is 52.9 cm³/mol. The zero-order valence-electron chi connectivity index (χ0n) is 8.59. The quantitative estimate of drug-likeness (QED) is 0.743. The number of nitrogens with two attached hydrogens (primary N) is 1. The Labute approximate surface area is 87.6 Å². The van der Waals surface area contributed by atoms with Gasteiger partial charge in [0.1, 0.15) is 6.10 Å². The highest BCUT2D eigenvalue weighted by Crippen LogP contribution is 2.13. The van der Waals surface area contributed by atoms with Crippen LogP contribution in [0.2, 0.25) is 0 Å². The highest BCUT2D eigenvalue weighted by molar-refractivity contribution is 5.69. The lowest BCUT2D eigenvalue weighted by Gasteiger charge is -2.10. The van der Waals surface area contributed by atoms with Gasteiger partial charge >= 0.3 is 6.09 Å². The number of ether oxygens (including phenoxy) is 1. The van der Waals surface area contributed by atoms with E-state index in [9.17, 15) is 4.79 Å². The van der Waals surface area contributed by atoms with Gasteiger partial charge in [0, 0.05) is 25.4 Å². The lowest BCUT2D eigenvalue weighted by molar-refractivity contribution is 0.134. The lowest BCUT2D eigenvalue weighted by atomic mass is 10.3. The minimum absolute atomic E-state index is 0.172. The van der Waals surface area contributed by atoms with Crippen LogP contribution in [0, 0.1) is 0 Å². The fourth-order valence-electron chi connectivity index (χ4n) is 1.60. The molecule has 0 aromatic carbocycles. The van der Waals surface area contributed by atoms with Crippen LogP contribution in [0.3, 0.4) is 0 Å². The van der Waals surface area contributed by atoms with E-state index in [1.54, 1.807) is 15.8 Å². The molecule has 1 amide bonds. The van der Waals surface area contributed by atoms with E-state index in [1.165, 1.54) is 0 Å². The number of rotatable bonds is 3. The first-order valence-corrected chi connectivity index (χ1v) is 4.82. The molecule has 1 aliphatic rings. The van der Waals surface area contributed by atoms with Gasteiger partial charge in [-0.05, 0) is 0 Å². The lowest BCUT2D eigenvalue weighted by Crippen LogP contribution is -2.27. The molecular formula is C9H14N4O2. The van der Waals surface area contributed by atoms with Gasteiger partial charge in [0.05, 0.1) is 19.3 Å². The first kappa shape index (κ1) is 9.97. The van der Waals surface area contributed by atoms with E-state index in [2.05, 4.69) is 5.10 Å². The van der Waals surface area contributed by atoms with Crippen molar-refractivity contribution in [3.8, 4) is 0 Å². The number of aromatic nitrogens is 2. The largest absolute Gasteiger partial charge is 0.443 e. The van der Waals surface area contributed by atoms with E-state index in [4.69, 9.17) is 10.5 Å². The minimum Gasteiger partial charge on any atom is -0.443 e. The van der Waals surface area contributed by atoms with Gasteiger partial charge in [-0.25, -0.2) is 4.79 Å². The maximum Gasteiger partial charge on any atom is 0.410 e. The van der Waals surface area contributed by atoms with Gasteiger partial charge in [-0.3, -0.25) is 9.58 Å². The zero-order valence-corrected chi connectivity index (χ0v) is 8.59. The normalized spacial score (nSPS) is 20.8. The van der Waals surface area contributed by atoms with Gasteiger partial charge in [0.15, 0.2) is 0 Å². The van der Waals surface area contributed by atoms with E-state index >= 15 is 0 Å². The minimum atomic E-state index is -0.297. The molecule has 1 fully saturated rings. The van der Waals surface area contributed by atoms with Crippen LogP contribution >= 0.6 is 0 Å². The maximum atomic E-state index is 11.4. The van der Waals surface area contributed by atoms with Gasteiger partial charge in [-0.1, -0.05) is 0 Å². The van der Waals surface area contributed by atoms with E-state index in [0.717, 1.165) is 5.56 Å². The number of hydrogen-bond acceptors (Lipinski definition) is 4. The SMILES string of the molecule is Cn1cc(CN2CC(CN)OC2=O)cn1. The van der Waals surface area contributed by atoms with E-state index in [1.807, 2.05) is 13.2 Å². The van der Waals surface area contributed by atoms with Crippen LogP contribution in [0.5, 0.6) is 0 Å². The summed E-state index contributed by atoms with van der Waals surface area (Å²) in [5, 5.41) is 4.04. The summed E-state index contributed by atoms with van der Waals surface area (Å²) in [4.78, 5) is 13.0. The summed E-state index contributed by atoms with van der Waals surface area (Å²) in [6.45, 7) is 1.46. The third kappa shape index (κ3) is 2.10. The van der Waals surface area contributed by atoms with Crippen molar-refractivity contribution in [2.24, 2.45) is 12.8 Å². The number of hydrogen-bond donors (Lipinski definition) is 1. The van der Waals surface area contributed by atoms with Crippen LogP contribution in [-0.2, 0) is 18.3 Å². The molecular weight excluding hydrogens is 196 g/mol. The second-order valence-corrected chi connectivity index (χ2v) is 3.64. The average Bonchev–Trinajstić information content (AvgIpc) is 2.75. The predicted octanol–water partition coefficient (Wildman–Crippen LogP) is -0.300. The van der Waals surface area contributed by atoms with Crippen molar-refractivity contribution in [1.82, 2.24) is 14.7 Å². The van der Waals surface area contributed by atoms with Crippen molar-refractivity contribution in [1.29, 1.82) is 0 Å². The van der Waals surface area contributed by atoms with Crippen molar-refractivity contribution >= 4 is 6.09 Å². The number of cyclic esters (lactones) is 1. The molecule has 2 rings (SSSR count). The zero-order chi connectivity index (χ0) is 10.8. The summed E-state index contributed by atoms with van der Waals surface area (Å²) in [6, 6.07) is 0. The maximum absolute atomic E-state index is 11.4. The molecule has 15 heavy (non-hydrogen) atoms. The van der Waals surface area contributed by atoms with Crippen LogP contribution < -0.4 is 5.73 Å². The number of carbonyl (C=O) groups is 1. The first-order chi connectivity index (χ1) is 7.19. The summed E-state index contributed by atoms with van der Waals surface area (Å²) < 4.78 is 6.74. The van der Waals surface area contributed by atoms with Gasteiger partial charge in [0.25, 0.3) is 0 Å². The number of carbonyl (C=O) groups excluding carboxylic acids is 1. The molecule has 1 aliphatic heterocycles. The molecule has 1 unspecified atom stereocenters. The van der Waals surface area contributed by atoms with E-state index in [-0.39, 0.29) is 12.2 Å². The molecule has 1 saturated heterocycles. The molecule has 1 aromatic heterocycles. The van der Waals surface area contributed by atoms with Crippen molar-refractivity contribution in [3.05, 3.63) is 18.0 Å². The van der Waals surface area contributed by atoms with Gasteiger partial charge in [-0.2, -0.15) is 5.10 Å². The van der Waals surface area contributed by atoms with Crippen molar-refractivity contribution < 1.29 is 9.53 Å². The summed E-state index contributed by atoms with van der Waals surface area (Å²) in [5.74, 6) is 0. The first-order valence-electron chi connectivity index (χ1n) is 4.82. The van der Waals surface area contributed by atoms with Crippen molar-refractivity contribution in [2.75, 3.05) is 13.1 Å². The van der Waals surface area contributed by atoms with Crippen molar-refractivity contribution in [2.45, 2.75) is 12.6 Å². The third-order valence-corrected chi connectivity index (χ3v) is 2.34. The molecule has 6 nitrogen and oxygen atoms in total. The highest BCUT2D eigenvalue weighted by Gasteiger charge is 2.30. The van der Waals surface area contributed by atoms with Crippen LogP contribution in [0.1, 0.15) is 5.56 Å². The molecule has 0 aliphatic carbocycles. The number of nitrogens with zero attached hydrogens (tertiary/aromatic N) is 3. The second-order valence-electron chi connectivity index (χ2n) is 3.64. The van der Waals surface area contributed by atoms with Gasteiger partial charge in [0.2, 0.25) is 0 Å². The standard InChI is InChI=1S/C9H14N4O2/c1-12-4-7(3-11-12)5-13-6-8(2-10)15-9(13)14/h3-4,8H,2,5-6,10H2,1H3. The van der Waals surface area contributed by atoms with Crippen LogP contribution in [-0.4, -0.2) is 40.0 Å². The van der Waals surface area contributed by atoms with Crippen LogP contribution in [0.15, 0.2) is 12.4 Å². The number of aryl methyl sites for hydroxylation is 1. The third-order valence-electron chi connectivity index (χ3n) is 2.34. The molecule has 0 spiro atoms. The Morgan fingerprint density at radius 2 is 2.53 bits per heavy atom. The molecule has 0 bridgehead atoms. The monoisotopic (exact) mass is 210 g/mol. The summed E-state index contributed by atoms with van der Waals surface area (Å²) >= 11 is 0. The van der Waals surface area contributed by atoms with Crippen molar-refractivity contribution in [3.63, 3.8) is 0 Å². The second kappa shape index (κ2) is 3.90. The molecule has 2 N–H and O–H groups in total. The molecule has 0 radical (unpaired) electrons. The molecule has 1 atom stereocenters. The molecule has 82 valence electrons. The van der Waals surface area contributed by atoms with E-state index in [0.29, 0.717) is 19.6 Å². The van der Waals surface area contributed by atoms with Gasteiger partial charge < -0.3 is 10.5 Å². The summed E-state index contributed by atoms with van der Waals surface area (Å²) in [6.07, 6.45) is 3.15. The topological polar surface area (TPSA) is 73.4 Å². The van der Waals surface area contributed by atoms with Gasteiger partial charge in [-0.15, -0.1) is 0 Å². The molecule has 2 heterocycles. The fourth-order valence-corrected chi connectivity index (χ4v) is 1.60.